The summed E-state index contributed by atoms with van der Waals surface area (Å²) in [5.41, 5.74) is -0.623. The Balaban J connectivity index is 2.15. The van der Waals surface area contributed by atoms with Crippen LogP contribution in [0.25, 0.3) is 0 Å². The summed E-state index contributed by atoms with van der Waals surface area (Å²) in [7, 11) is -3.28. The molecule has 0 aromatic heterocycles. The Kier molecular flexibility index (Phi) is 6.09. The summed E-state index contributed by atoms with van der Waals surface area (Å²) >= 11 is 0. The highest BCUT2D eigenvalue weighted by Crippen LogP contribution is 2.32. The van der Waals surface area contributed by atoms with Crippen LogP contribution in [0.1, 0.15) is 40.9 Å². The second kappa shape index (κ2) is 7.80. The number of benzene rings is 2. The molecule has 0 atom stereocenters. The number of ketones is 1. The number of alkyl halides is 3. The molecule has 27 heavy (non-hydrogen) atoms. The predicted molar refractivity (Wildman–Crippen MR) is 93.6 cm³/mol. The van der Waals surface area contributed by atoms with E-state index in [4.69, 9.17) is 0 Å². The average molecular weight is 402 g/mol. The Labute approximate surface area is 154 Å². The van der Waals surface area contributed by atoms with Crippen molar-refractivity contribution in [3.05, 3.63) is 70.5 Å². The number of Topliss-reactive ketones (excluding diaryl/α,β-unsaturated/α-hetero) is 1. The maximum atomic E-state index is 13.3. The second-order valence-electron chi connectivity index (χ2n) is 6.46. The topological polar surface area (TPSA) is 51.2 Å². The van der Waals surface area contributed by atoms with E-state index in [1.54, 1.807) is 13.8 Å². The van der Waals surface area contributed by atoms with Crippen LogP contribution in [0.15, 0.2) is 42.5 Å². The number of hydrogen-bond acceptors (Lipinski definition) is 3. The third-order valence-electron chi connectivity index (χ3n) is 4.06. The molecule has 0 bridgehead atoms. The van der Waals surface area contributed by atoms with Gasteiger partial charge in [0, 0.05) is 12.0 Å². The van der Waals surface area contributed by atoms with Gasteiger partial charge in [-0.1, -0.05) is 30.3 Å². The third kappa shape index (κ3) is 5.38. The van der Waals surface area contributed by atoms with Gasteiger partial charge < -0.3 is 0 Å². The predicted octanol–water partition coefficient (Wildman–Crippen LogP) is 4.59. The highest BCUT2D eigenvalue weighted by Gasteiger charge is 2.34. The minimum absolute atomic E-state index is 0.0418. The van der Waals surface area contributed by atoms with Crippen molar-refractivity contribution in [1.82, 2.24) is 0 Å². The molecule has 2 aromatic carbocycles. The SMILES string of the molecule is CC(C)S(=O)(=O)Cc1ccc(C(=O)Cc2ccc(F)c(C(F)(F)F)c2)cc1. The van der Waals surface area contributed by atoms with Gasteiger partial charge >= 0.3 is 6.18 Å². The summed E-state index contributed by atoms with van der Waals surface area (Å²) in [6.07, 6.45) is -5.17. The van der Waals surface area contributed by atoms with Crippen LogP contribution in [0.5, 0.6) is 0 Å². The van der Waals surface area contributed by atoms with Crippen molar-refractivity contribution in [3.8, 4) is 0 Å². The molecule has 0 N–H and O–H groups in total. The molecule has 3 nitrogen and oxygen atoms in total. The van der Waals surface area contributed by atoms with E-state index in [9.17, 15) is 30.8 Å². The van der Waals surface area contributed by atoms with Gasteiger partial charge in [-0.2, -0.15) is 13.2 Å². The third-order valence-corrected chi connectivity index (χ3v) is 6.24. The molecular formula is C19H18F4O3S. The van der Waals surface area contributed by atoms with Crippen molar-refractivity contribution in [2.45, 2.75) is 37.4 Å². The Bertz CT molecular complexity index is 930. The zero-order valence-corrected chi connectivity index (χ0v) is 15.5. The molecule has 2 aromatic rings. The van der Waals surface area contributed by atoms with E-state index in [1.165, 1.54) is 24.3 Å². The first-order valence-electron chi connectivity index (χ1n) is 8.09. The zero-order valence-electron chi connectivity index (χ0n) is 14.7. The number of halogens is 4. The Hall–Kier alpha value is -2.22. The van der Waals surface area contributed by atoms with Gasteiger partial charge in [-0.3, -0.25) is 4.79 Å². The summed E-state index contributed by atoms with van der Waals surface area (Å²) in [5.74, 6) is -2.01. The van der Waals surface area contributed by atoms with Gasteiger partial charge in [-0.05, 0) is 37.1 Å². The largest absolute Gasteiger partial charge is 0.419 e. The van der Waals surface area contributed by atoms with Gasteiger partial charge in [0.2, 0.25) is 0 Å². The minimum atomic E-state index is -4.84. The molecule has 2 rings (SSSR count). The Morgan fingerprint density at radius 2 is 1.56 bits per heavy atom. The lowest BCUT2D eigenvalue weighted by molar-refractivity contribution is -0.140. The van der Waals surface area contributed by atoms with Crippen LogP contribution in [-0.4, -0.2) is 19.5 Å². The van der Waals surface area contributed by atoms with E-state index in [2.05, 4.69) is 0 Å². The lowest BCUT2D eigenvalue weighted by atomic mass is 10.0. The van der Waals surface area contributed by atoms with Crippen LogP contribution in [0.4, 0.5) is 17.6 Å². The quantitative estimate of drug-likeness (QED) is 0.524. The second-order valence-corrected chi connectivity index (χ2v) is 9.02. The van der Waals surface area contributed by atoms with Crippen LogP contribution in [0.3, 0.4) is 0 Å². The Morgan fingerprint density at radius 1 is 1.00 bits per heavy atom. The average Bonchev–Trinajstić information content (AvgIpc) is 2.55. The van der Waals surface area contributed by atoms with Crippen molar-refractivity contribution in [2.24, 2.45) is 0 Å². The number of sulfone groups is 1. The molecule has 0 aliphatic rings. The highest BCUT2D eigenvalue weighted by atomic mass is 32.2. The molecular weight excluding hydrogens is 384 g/mol. The minimum Gasteiger partial charge on any atom is -0.294 e. The fourth-order valence-electron chi connectivity index (χ4n) is 2.37. The summed E-state index contributed by atoms with van der Waals surface area (Å²) in [5, 5.41) is -0.528. The summed E-state index contributed by atoms with van der Waals surface area (Å²) < 4.78 is 75.4. The zero-order chi connectivity index (χ0) is 20.4. The normalized spacial score (nSPS) is 12.4. The standard InChI is InChI=1S/C19H18F4O3S/c1-12(2)27(25,26)11-13-3-6-15(7-4-13)18(24)10-14-5-8-17(20)16(9-14)19(21,22)23/h3-9,12H,10-11H2,1-2H3. The molecule has 0 radical (unpaired) electrons. The fraction of sp³-hybridized carbons (Fsp3) is 0.316. The summed E-state index contributed by atoms with van der Waals surface area (Å²) in [6, 6.07) is 8.30. The van der Waals surface area contributed by atoms with Crippen molar-refractivity contribution in [3.63, 3.8) is 0 Å². The van der Waals surface area contributed by atoms with Gasteiger partial charge in [0.25, 0.3) is 0 Å². The van der Waals surface area contributed by atoms with Gasteiger partial charge in [0.1, 0.15) is 5.82 Å². The smallest absolute Gasteiger partial charge is 0.294 e. The van der Waals surface area contributed by atoms with Crippen LogP contribution in [-0.2, 0) is 28.2 Å². The molecule has 0 unspecified atom stereocenters. The molecule has 0 saturated carbocycles. The molecule has 146 valence electrons. The molecule has 0 aliphatic carbocycles. The van der Waals surface area contributed by atoms with Gasteiger partial charge in [0.15, 0.2) is 15.6 Å². The molecule has 0 amide bonds. The Morgan fingerprint density at radius 3 is 2.07 bits per heavy atom. The highest BCUT2D eigenvalue weighted by molar-refractivity contribution is 7.91. The number of hydrogen-bond donors (Lipinski definition) is 0. The molecule has 0 heterocycles. The van der Waals surface area contributed by atoms with E-state index in [0.717, 1.165) is 6.07 Å². The van der Waals surface area contributed by atoms with Crippen LogP contribution < -0.4 is 0 Å². The van der Waals surface area contributed by atoms with Crippen molar-refractivity contribution in [1.29, 1.82) is 0 Å². The van der Waals surface area contributed by atoms with Crippen molar-refractivity contribution in [2.75, 3.05) is 0 Å². The first kappa shape index (κ1) is 21.1. The van der Waals surface area contributed by atoms with Crippen LogP contribution in [0, 0.1) is 5.82 Å². The van der Waals surface area contributed by atoms with E-state index < -0.39 is 38.4 Å². The first-order valence-corrected chi connectivity index (χ1v) is 9.81. The van der Waals surface area contributed by atoms with Gasteiger partial charge in [-0.25, -0.2) is 12.8 Å². The number of carbonyl (C=O) groups excluding carboxylic acids is 1. The fourth-order valence-corrected chi connectivity index (χ4v) is 3.36. The lowest BCUT2D eigenvalue weighted by Crippen LogP contribution is -2.16. The maximum Gasteiger partial charge on any atom is 0.419 e. The van der Waals surface area contributed by atoms with Gasteiger partial charge in [-0.15, -0.1) is 0 Å². The van der Waals surface area contributed by atoms with Crippen molar-refractivity contribution >= 4 is 15.6 Å². The summed E-state index contributed by atoms with van der Waals surface area (Å²) in [6.45, 7) is 3.15. The molecule has 0 spiro atoms. The first-order chi connectivity index (χ1) is 12.4. The molecule has 0 fully saturated rings. The molecule has 8 heteroatoms. The summed E-state index contributed by atoms with van der Waals surface area (Å²) in [4.78, 5) is 12.3. The lowest BCUT2D eigenvalue weighted by Gasteiger charge is -2.10. The monoisotopic (exact) mass is 402 g/mol. The van der Waals surface area contributed by atoms with Crippen LogP contribution >= 0.6 is 0 Å². The van der Waals surface area contributed by atoms with E-state index in [0.29, 0.717) is 17.7 Å². The number of carbonyl (C=O) groups is 1. The van der Waals surface area contributed by atoms with E-state index >= 15 is 0 Å². The van der Waals surface area contributed by atoms with Crippen molar-refractivity contribution < 1.29 is 30.8 Å². The molecule has 0 saturated heterocycles. The van der Waals surface area contributed by atoms with Gasteiger partial charge in [0.05, 0.1) is 16.6 Å². The van der Waals surface area contributed by atoms with Crippen LogP contribution in [0.2, 0.25) is 0 Å². The van der Waals surface area contributed by atoms with E-state index in [-0.39, 0.29) is 23.3 Å². The van der Waals surface area contributed by atoms with E-state index in [1.807, 2.05) is 0 Å². The number of rotatable bonds is 6. The maximum absolute atomic E-state index is 13.3. The molecule has 0 aliphatic heterocycles.